The van der Waals surface area contributed by atoms with Gasteiger partial charge in [0.05, 0.1) is 6.61 Å². The summed E-state index contributed by atoms with van der Waals surface area (Å²) < 4.78 is 0. The lowest BCUT2D eigenvalue weighted by molar-refractivity contribution is 0.282. The van der Waals surface area contributed by atoms with Crippen molar-refractivity contribution in [2.75, 3.05) is 17.2 Å². The quantitative estimate of drug-likeness (QED) is 0.725. The maximum absolute atomic E-state index is 9.15. The number of aliphatic hydroxyl groups excluding tert-OH is 1. The van der Waals surface area contributed by atoms with Crippen molar-refractivity contribution in [2.24, 2.45) is 0 Å². The first kappa shape index (κ1) is 10.3. The first-order valence-electron chi connectivity index (χ1n) is 5.48. The Hall–Kier alpha value is -1.22. The summed E-state index contributed by atoms with van der Waals surface area (Å²) in [5.41, 5.74) is 8.43. The van der Waals surface area contributed by atoms with E-state index in [1.165, 1.54) is 18.5 Å². The van der Waals surface area contributed by atoms with Gasteiger partial charge in [-0.25, -0.2) is 0 Å². The highest BCUT2D eigenvalue weighted by Gasteiger charge is 2.20. The molecule has 3 N–H and O–H groups in total. The van der Waals surface area contributed by atoms with Gasteiger partial charge in [0.1, 0.15) is 0 Å². The van der Waals surface area contributed by atoms with Crippen LogP contribution in [-0.4, -0.2) is 17.7 Å². The maximum atomic E-state index is 9.15. The van der Waals surface area contributed by atoms with Crippen LogP contribution in [0.5, 0.6) is 0 Å². The Kier molecular flexibility index (Phi) is 2.82. The molecule has 0 aromatic heterocycles. The van der Waals surface area contributed by atoms with Gasteiger partial charge in [-0.2, -0.15) is 0 Å². The molecule has 1 aromatic rings. The third kappa shape index (κ3) is 1.92. The minimum atomic E-state index is 0.0158. The van der Waals surface area contributed by atoms with Crippen LogP contribution in [0.3, 0.4) is 0 Å². The lowest BCUT2D eigenvalue weighted by Gasteiger charge is -2.24. The molecule has 0 aliphatic carbocycles. The Balaban J connectivity index is 2.28. The van der Waals surface area contributed by atoms with Crippen LogP contribution < -0.4 is 10.6 Å². The first-order chi connectivity index (χ1) is 7.22. The van der Waals surface area contributed by atoms with E-state index in [1.807, 2.05) is 18.2 Å². The Morgan fingerprint density at radius 2 is 2.33 bits per heavy atom. The molecule has 1 aliphatic heterocycles. The van der Waals surface area contributed by atoms with E-state index in [0.717, 1.165) is 12.1 Å². The molecule has 1 unspecified atom stereocenters. The van der Waals surface area contributed by atoms with Gasteiger partial charge in [0.2, 0.25) is 0 Å². The lowest BCUT2D eigenvalue weighted by Crippen LogP contribution is -2.26. The zero-order valence-electron chi connectivity index (χ0n) is 9.11. The Labute approximate surface area is 90.5 Å². The van der Waals surface area contributed by atoms with E-state index in [9.17, 15) is 0 Å². The van der Waals surface area contributed by atoms with Crippen LogP contribution in [0.25, 0.3) is 0 Å². The fourth-order valence-corrected chi connectivity index (χ4v) is 2.22. The van der Waals surface area contributed by atoms with Crippen molar-refractivity contribution in [3.63, 3.8) is 0 Å². The summed E-state index contributed by atoms with van der Waals surface area (Å²) in [7, 11) is 0. The van der Waals surface area contributed by atoms with E-state index >= 15 is 0 Å². The highest BCUT2D eigenvalue weighted by atomic mass is 16.3. The minimum Gasteiger partial charge on any atom is -0.398 e. The zero-order valence-corrected chi connectivity index (χ0v) is 9.11. The van der Waals surface area contributed by atoms with E-state index in [-0.39, 0.29) is 6.61 Å². The van der Waals surface area contributed by atoms with Gasteiger partial charge in [-0.15, -0.1) is 0 Å². The van der Waals surface area contributed by atoms with Crippen LogP contribution in [0.2, 0.25) is 0 Å². The van der Waals surface area contributed by atoms with E-state index in [4.69, 9.17) is 10.8 Å². The van der Waals surface area contributed by atoms with Gasteiger partial charge in [-0.05, 0) is 38.0 Å². The summed E-state index contributed by atoms with van der Waals surface area (Å²) in [5, 5.41) is 9.15. The standard InChI is InChI=1S/C12H18N2O/c1-9-3-2-6-14(9)11-4-5-12(13)10(7-11)8-15/h4-5,7,9,15H,2-3,6,8,13H2,1H3. The van der Waals surface area contributed by atoms with Gasteiger partial charge in [0.15, 0.2) is 0 Å². The smallest absolute Gasteiger partial charge is 0.0702 e. The zero-order chi connectivity index (χ0) is 10.8. The lowest BCUT2D eigenvalue weighted by atomic mass is 10.1. The molecular formula is C12H18N2O. The number of nitrogens with zero attached hydrogens (tertiary/aromatic N) is 1. The number of rotatable bonds is 2. The molecule has 3 heteroatoms. The molecule has 1 fully saturated rings. The molecule has 1 atom stereocenters. The normalized spacial score (nSPS) is 20.9. The Morgan fingerprint density at radius 3 is 2.93 bits per heavy atom. The second kappa shape index (κ2) is 4.11. The molecule has 0 saturated carbocycles. The highest BCUT2D eigenvalue weighted by molar-refractivity contribution is 5.59. The second-order valence-electron chi connectivity index (χ2n) is 4.23. The molecule has 1 heterocycles. The number of hydrogen-bond acceptors (Lipinski definition) is 3. The van der Waals surface area contributed by atoms with Gasteiger partial charge in [0, 0.05) is 29.5 Å². The Morgan fingerprint density at radius 1 is 1.53 bits per heavy atom. The SMILES string of the molecule is CC1CCCN1c1ccc(N)c(CO)c1. The van der Waals surface area contributed by atoms with Gasteiger partial charge in [0.25, 0.3) is 0 Å². The summed E-state index contributed by atoms with van der Waals surface area (Å²) in [6.45, 7) is 3.36. The molecular weight excluding hydrogens is 188 g/mol. The summed E-state index contributed by atoms with van der Waals surface area (Å²) in [5.74, 6) is 0. The van der Waals surface area contributed by atoms with E-state index in [1.54, 1.807) is 0 Å². The van der Waals surface area contributed by atoms with Crippen molar-refractivity contribution in [3.05, 3.63) is 23.8 Å². The van der Waals surface area contributed by atoms with Crippen molar-refractivity contribution >= 4 is 11.4 Å². The molecule has 1 aromatic carbocycles. The number of hydrogen-bond donors (Lipinski definition) is 2. The van der Waals surface area contributed by atoms with Crippen molar-refractivity contribution in [3.8, 4) is 0 Å². The van der Waals surface area contributed by atoms with Crippen LogP contribution in [0.1, 0.15) is 25.3 Å². The van der Waals surface area contributed by atoms with Crippen LogP contribution in [-0.2, 0) is 6.61 Å². The maximum Gasteiger partial charge on any atom is 0.0702 e. The predicted octanol–water partition coefficient (Wildman–Crippen LogP) is 1.75. The third-order valence-corrected chi connectivity index (χ3v) is 3.18. The molecule has 0 bridgehead atoms. The average Bonchev–Trinajstić information content (AvgIpc) is 2.65. The molecule has 0 amide bonds. The van der Waals surface area contributed by atoms with Crippen LogP contribution in [0.15, 0.2) is 18.2 Å². The monoisotopic (exact) mass is 206 g/mol. The molecule has 1 aliphatic rings. The van der Waals surface area contributed by atoms with Gasteiger partial charge in [-0.1, -0.05) is 0 Å². The second-order valence-corrected chi connectivity index (χ2v) is 4.23. The van der Waals surface area contributed by atoms with E-state index in [2.05, 4.69) is 11.8 Å². The molecule has 15 heavy (non-hydrogen) atoms. The van der Waals surface area contributed by atoms with E-state index in [0.29, 0.717) is 11.7 Å². The molecule has 0 radical (unpaired) electrons. The number of aliphatic hydroxyl groups is 1. The van der Waals surface area contributed by atoms with Crippen LogP contribution >= 0.6 is 0 Å². The van der Waals surface area contributed by atoms with Gasteiger partial charge < -0.3 is 15.7 Å². The number of benzene rings is 1. The molecule has 82 valence electrons. The van der Waals surface area contributed by atoms with Crippen molar-refractivity contribution in [1.82, 2.24) is 0 Å². The van der Waals surface area contributed by atoms with Crippen molar-refractivity contribution in [2.45, 2.75) is 32.4 Å². The first-order valence-corrected chi connectivity index (χ1v) is 5.48. The van der Waals surface area contributed by atoms with Crippen molar-refractivity contribution in [1.29, 1.82) is 0 Å². The third-order valence-electron chi connectivity index (χ3n) is 3.18. The summed E-state index contributed by atoms with van der Waals surface area (Å²) in [6, 6.07) is 6.51. The van der Waals surface area contributed by atoms with E-state index < -0.39 is 0 Å². The van der Waals surface area contributed by atoms with Gasteiger partial charge >= 0.3 is 0 Å². The predicted molar refractivity (Wildman–Crippen MR) is 62.8 cm³/mol. The minimum absolute atomic E-state index is 0.0158. The summed E-state index contributed by atoms with van der Waals surface area (Å²) in [6.07, 6.45) is 2.50. The highest BCUT2D eigenvalue weighted by Crippen LogP contribution is 2.27. The number of nitrogen functional groups attached to an aromatic ring is 1. The number of nitrogens with two attached hydrogens (primary N) is 1. The summed E-state index contributed by atoms with van der Waals surface area (Å²) in [4.78, 5) is 2.37. The molecule has 3 nitrogen and oxygen atoms in total. The largest absolute Gasteiger partial charge is 0.398 e. The molecule has 1 saturated heterocycles. The molecule has 0 spiro atoms. The average molecular weight is 206 g/mol. The van der Waals surface area contributed by atoms with Crippen molar-refractivity contribution < 1.29 is 5.11 Å². The number of anilines is 2. The van der Waals surface area contributed by atoms with Gasteiger partial charge in [-0.3, -0.25) is 0 Å². The fraction of sp³-hybridized carbons (Fsp3) is 0.500. The molecule has 2 rings (SSSR count). The topological polar surface area (TPSA) is 49.5 Å². The summed E-state index contributed by atoms with van der Waals surface area (Å²) >= 11 is 0. The van der Waals surface area contributed by atoms with Crippen LogP contribution in [0, 0.1) is 0 Å². The fourth-order valence-electron chi connectivity index (χ4n) is 2.22. The Bertz CT molecular complexity index is 351. The van der Waals surface area contributed by atoms with Crippen LogP contribution in [0.4, 0.5) is 11.4 Å².